The zero-order valence-electron chi connectivity index (χ0n) is 10.8. The number of fused-ring (bicyclic) bond motifs is 1. The van der Waals surface area contributed by atoms with Gasteiger partial charge < -0.3 is 9.84 Å². The van der Waals surface area contributed by atoms with E-state index in [2.05, 4.69) is 11.9 Å². The number of thiazole rings is 1. The average molecular weight is 274 g/mol. The minimum absolute atomic E-state index is 0.0991. The van der Waals surface area contributed by atoms with E-state index in [-0.39, 0.29) is 6.61 Å². The van der Waals surface area contributed by atoms with Crippen LogP contribution >= 0.6 is 11.3 Å². The van der Waals surface area contributed by atoms with E-state index in [4.69, 9.17) is 4.74 Å². The quantitative estimate of drug-likeness (QED) is 0.797. The minimum atomic E-state index is -0.0991. The second kappa shape index (κ2) is 4.68. The summed E-state index contributed by atoms with van der Waals surface area (Å²) in [5, 5.41) is 11.4. The van der Waals surface area contributed by atoms with Crippen LogP contribution in [-0.2, 0) is 6.61 Å². The van der Waals surface area contributed by atoms with Crippen molar-refractivity contribution in [2.45, 2.75) is 20.5 Å². The van der Waals surface area contributed by atoms with E-state index in [0.29, 0.717) is 11.6 Å². The first kappa shape index (κ1) is 12.2. The molecule has 0 amide bonds. The van der Waals surface area contributed by atoms with Gasteiger partial charge in [0.05, 0.1) is 6.61 Å². The molecule has 2 aromatic heterocycles. The van der Waals surface area contributed by atoms with Gasteiger partial charge in [-0.25, -0.2) is 0 Å². The Morgan fingerprint density at radius 1 is 1.32 bits per heavy atom. The van der Waals surface area contributed by atoms with Crippen molar-refractivity contribution in [3.8, 4) is 11.6 Å². The van der Waals surface area contributed by atoms with E-state index in [9.17, 15) is 5.11 Å². The van der Waals surface area contributed by atoms with Gasteiger partial charge in [-0.1, -0.05) is 6.07 Å². The molecule has 0 radical (unpaired) electrons. The first-order valence-electron chi connectivity index (χ1n) is 5.99. The second-order valence-electron chi connectivity index (χ2n) is 4.43. The highest BCUT2D eigenvalue weighted by Gasteiger charge is 2.14. The number of aromatic nitrogens is 2. The molecule has 0 aliphatic rings. The zero-order valence-corrected chi connectivity index (χ0v) is 11.6. The number of benzene rings is 1. The molecule has 3 aromatic rings. The highest BCUT2D eigenvalue weighted by molar-refractivity contribution is 7.15. The number of imidazole rings is 1. The van der Waals surface area contributed by atoms with Crippen LogP contribution in [0.3, 0.4) is 0 Å². The Bertz CT molecular complexity index is 730. The van der Waals surface area contributed by atoms with Gasteiger partial charge in [0.15, 0.2) is 4.96 Å². The molecule has 0 spiro atoms. The van der Waals surface area contributed by atoms with Crippen LogP contribution in [-0.4, -0.2) is 14.5 Å². The van der Waals surface area contributed by atoms with Gasteiger partial charge in [0, 0.05) is 11.6 Å². The summed E-state index contributed by atoms with van der Waals surface area (Å²) in [5.41, 5.74) is 3.07. The number of hydrogen-bond acceptors (Lipinski definition) is 4. The Hall–Kier alpha value is -1.85. The van der Waals surface area contributed by atoms with E-state index in [1.807, 2.05) is 41.1 Å². The number of nitrogens with zero attached hydrogens (tertiary/aromatic N) is 2. The molecule has 1 N–H and O–H groups in total. The fourth-order valence-corrected chi connectivity index (χ4v) is 2.65. The maximum atomic E-state index is 9.46. The highest BCUT2D eigenvalue weighted by Crippen LogP contribution is 2.28. The molecular weight excluding hydrogens is 260 g/mol. The van der Waals surface area contributed by atoms with Crippen molar-refractivity contribution in [3.63, 3.8) is 0 Å². The van der Waals surface area contributed by atoms with Gasteiger partial charge in [-0.3, -0.25) is 4.40 Å². The lowest BCUT2D eigenvalue weighted by Crippen LogP contribution is -1.94. The Morgan fingerprint density at radius 2 is 2.16 bits per heavy atom. The standard InChI is InChI=1S/C14H14N2O2S/c1-9-3-4-11(7-10(9)2)18-13-12(8-17)16-5-6-19-14(16)15-13/h3-7,17H,8H2,1-2H3. The van der Waals surface area contributed by atoms with E-state index >= 15 is 0 Å². The Balaban J connectivity index is 2.00. The summed E-state index contributed by atoms with van der Waals surface area (Å²) in [6.07, 6.45) is 1.88. The first-order chi connectivity index (χ1) is 9.19. The Morgan fingerprint density at radius 3 is 2.89 bits per heavy atom. The first-order valence-corrected chi connectivity index (χ1v) is 6.87. The molecule has 0 bridgehead atoms. The lowest BCUT2D eigenvalue weighted by Gasteiger charge is -2.06. The molecule has 0 fully saturated rings. The van der Waals surface area contributed by atoms with Gasteiger partial charge in [-0.05, 0) is 37.1 Å². The highest BCUT2D eigenvalue weighted by atomic mass is 32.1. The molecule has 5 heteroatoms. The van der Waals surface area contributed by atoms with Crippen molar-refractivity contribution in [3.05, 3.63) is 46.6 Å². The number of aliphatic hydroxyl groups excluding tert-OH is 1. The van der Waals surface area contributed by atoms with Crippen molar-refractivity contribution < 1.29 is 9.84 Å². The number of aryl methyl sites for hydroxylation is 2. The lowest BCUT2D eigenvalue weighted by molar-refractivity contribution is 0.270. The van der Waals surface area contributed by atoms with Crippen LogP contribution in [0.25, 0.3) is 4.96 Å². The van der Waals surface area contributed by atoms with Crippen LogP contribution in [0.5, 0.6) is 11.6 Å². The second-order valence-corrected chi connectivity index (χ2v) is 5.30. The summed E-state index contributed by atoms with van der Waals surface area (Å²) in [4.78, 5) is 5.21. The monoisotopic (exact) mass is 274 g/mol. The summed E-state index contributed by atoms with van der Waals surface area (Å²) in [7, 11) is 0. The Labute approximate surface area is 114 Å². The van der Waals surface area contributed by atoms with Crippen LogP contribution < -0.4 is 4.74 Å². The predicted molar refractivity (Wildman–Crippen MR) is 75.0 cm³/mol. The van der Waals surface area contributed by atoms with Gasteiger partial charge in [0.1, 0.15) is 11.4 Å². The SMILES string of the molecule is Cc1ccc(Oc2nc3sccn3c2CO)cc1C. The van der Waals surface area contributed by atoms with Crippen LogP contribution in [0.1, 0.15) is 16.8 Å². The molecule has 0 saturated carbocycles. The van der Waals surface area contributed by atoms with Crippen molar-refractivity contribution in [2.24, 2.45) is 0 Å². The number of aliphatic hydroxyl groups is 1. The Kier molecular flexibility index (Phi) is 3.00. The molecule has 0 aliphatic carbocycles. The van der Waals surface area contributed by atoms with Crippen molar-refractivity contribution >= 4 is 16.3 Å². The fraction of sp³-hybridized carbons (Fsp3) is 0.214. The maximum Gasteiger partial charge on any atom is 0.244 e. The van der Waals surface area contributed by atoms with Crippen molar-refractivity contribution in [1.82, 2.24) is 9.38 Å². The lowest BCUT2D eigenvalue weighted by atomic mass is 10.1. The molecule has 0 atom stereocenters. The summed E-state index contributed by atoms with van der Waals surface area (Å²) < 4.78 is 7.64. The summed E-state index contributed by atoms with van der Waals surface area (Å²) in [6, 6.07) is 5.91. The van der Waals surface area contributed by atoms with Gasteiger partial charge in [-0.2, -0.15) is 4.98 Å². The molecule has 3 rings (SSSR count). The van der Waals surface area contributed by atoms with Crippen LogP contribution in [0, 0.1) is 13.8 Å². The maximum absolute atomic E-state index is 9.46. The normalized spacial score (nSPS) is 11.1. The zero-order chi connectivity index (χ0) is 13.4. The average Bonchev–Trinajstić information content (AvgIpc) is 2.94. The van der Waals surface area contributed by atoms with Crippen molar-refractivity contribution in [1.29, 1.82) is 0 Å². The van der Waals surface area contributed by atoms with Crippen molar-refractivity contribution in [2.75, 3.05) is 0 Å². The van der Waals surface area contributed by atoms with Gasteiger partial charge in [0.25, 0.3) is 0 Å². The smallest absolute Gasteiger partial charge is 0.244 e. The van der Waals surface area contributed by atoms with Crippen LogP contribution in [0.15, 0.2) is 29.8 Å². The van der Waals surface area contributed by atoms with E-state index in [0.717, 1.165) is 10.7 Å². The third kappa shape index (κ3) is 2.11. The molecular formula is C14H14N2O2S. The van der Waals surface area contributed by atoms with E-state index in [1.165, 1.54) is 22.5 Å². The summed E-state index contributed by atoms with van der Waals surface area (Å²) in [5.74, 6) is 1.21. The van der Waals surface area contributed by atoms with Gasteiger partial charge >= 0.3 is 0 Å². The number of ether oxygens (including phenoxy) is 1. The fourth-order valence-electron chi connectivity index (χ4n) is 1.93. The summed E-state index contributed by atoms with van der Waals surface area (Å²) in [6.45, 7) is 4.00. The molecule has 19 heavy (non-hydrogen) atoms. The molecule has 1 aromatic carbocycles. The minimum Gasteiger partial charge on any atom is -0.437 e. The van der Waals surface area contributed by atoms with Crippen LogP contribution in [0.2, 0.25) is 0 Å². The molecule has 98 valence electrons. The molecule has 0 aliphatic heterocycles. The summed E-state index contributed by atoms with van der Waals surface area (Å²) >= 11 is 1.51. The molecule has 4 nitrogen and oxygen atoms in total. The van der Waals surface area contributed by atoms with Gasteiger partial charge in [-0.15, -0.1) is 11.3 Å². The molecule has 2 heterocycles. The third-order valence-electron chi connectivity index (χ3n) is 3.17. The van der Waals surface area contributed by atoms with Crippen LogP contribution in [0.4, 0.5) is 0 Å². The largest absolute Gasteiger partial charge is 0.437 e. The third-order valence-corrected chi connectivity index (χ3v) is 3.92. The molecule has 0 unspecified atom stereocenters. The predicted octanol–water partition coefficient (Wildman–Crippen LogP) is 3.30. The van der Waals surface area contributed by atoms with E-state index < -0.39 is 0 Å². The van der Waals surface area contributed by atoms with Gasteiger partial charge in [0.2, 0.25) is 5.88 Å². The molecule has 0 saturated heterocycles. The number of hydrogen-bond donors (Lipinski definition) is 1. The topological polar surface area (TPSA) is 46.8 Å². The van der Waals surface area contributed by atoms with E-state index in [1.54, 1.807) is 0 Å². The number of rotatable bonds is 3.